The highest BCUT2D eigenvalue weighted by molar-refractivity contribution is 7.86. The van der Waals surface area contributed by atoms with Gasteiger partial charge in [-0.15, -0.1) is 20.5 Å². The van der Waals surface area contributed by atoms with Crippen molar-refractivity contribution in [3.63, 3.8) is 0 Å². The number of nitrogens with one attached hydrogen (secondary N) is 2. The zero-order valence-electron chi connectivity index (χ0n) is 32.4. The fourth-order valence-electron chi connectivity index (χ4n) is 6.14. The Labute approximate surface area is 368 Å². The molecule has 2 heterocycles. The van der Waals surface area contributed by atoms with Gasteiger partial charge in [0.25, 0.3) is 30.4 Å². The molecule has 0 bridgehead atoms. The van der Waals surface area contributed by atoms with Crippen LogP contribution in [0.5, 0.6) is 0 Å². The molecular formula is C41H26N10O9S4. The zero-order valence-corrected chi connectivity index (χ0v) is 35.7. The third-order valence-electron chi connectivity index (χ3n) is 9.25. The van der Waals surface area contributed by atoms with Crippen molar-refractivity contribution in [1.82, 2.24) is 4.98 Å². The van der Waals surface area contributed by atoms with Gasteiger partial charge in [-0.3, -0.25) is 13.7 Å². The van der Waals surface area contributed by atoms with Gasteiger partial charge in [-0.25, -0.2) is 4.98 Å². The van der Waals surface area contributed by atoms with Gasteiger partial charge in [0, 0.05) is 22.5 Å². The molecule has 5 N–H and O–H groups in total. The van der Waals surface area contributed by atoms with Gasteiger partial charge in [-0.05, 0) is 96.1 Å². The molecule has 0 saturated heterocycles. The Morgan fingerprint density at radius 1 is 0.578 bits per heavy atom. The quantitative estimate of drug-likeness (QED) is 0.0562. The van der Waals surface area contributed by atoms with Crippen LogP contribution in [0.25, 0.3) is 21.9 Å². The van der Waals surface area contributed by atoms with Gasteiger partial charge in [0.2, 0.25) is 0 Å². The second kappa shape index (κ2) is 17.5. The van der Waals surface area contributed by atoms with Crippen LogP contribution in [0.4, 0.5) is 44.4 Å². The molecule has 0 amide bonds. The molecule has 19 nitrogen and oxygen atoms in total. The summed E-state index contributed by atoms with van der Waals surface area (Å²) in [7, 11) is -13.7. The normalized spacial score (nSPS) is 12.0. The summed E-state index contributed by atoms with van der Waals surface area (Å²) in [5.74, 6) is -0.0777. The van der Waals surface area contributed by atoms with Crippen LogP contribution in [0, 0.1) is 40.9 Å². The Morgan fingerprint density at radius 3 is 1.69 bits per heavy atom. The molecule has 23 heteroatoms. The average Bonchev–Trinajstić information content (AvgIpc) is 3.61. The molecular weight excluding hydrogens is 905 g/mol. The number of hydrogen-bond donors (Lipinski definition) is 5. The molecule has 0 aliphatic rings. The van der Waals surface area contributed by atoms with E-state index in [2.05, 4.69) is 48.2 Å². The van der Waals surface area contributed by atoms with Gasteiger partial charge in [0.05, 0.1) is 25.8 Å². The zero-order chi connectivity index (χ0) is 46.0. The lowest BCUT2D eigenvalue weighted by atomic mass is 10.00. The molecule has 7 rings (SSSR count). The molecule has 0 fully saturated rings. The van der Waals surface area contributed by atoms with Crippen LogP contribution in [0.1, 0.15) is 22.3 Å². The summed E-state index contributed by atoms with van der Waals surface area (Å²) < 4.78 is 98.6. The van der Waals surface area contributed by atoms with Crippen molar-refractivity contribution in [2.75, 3.05) is 10.6 Å². The van der Waals surface area contributed by atoms with E-state index in [1.807, 2.05) is 42.5 Å². The first kappa shape index (κ1) is 44.3. The average molecular weight is 931 g/mol. The van der Waals surface area contributed by atoms with E-state index < -0.39 is 40.1 Å². The van der Waals surface area contributed by atoms with Crippen LogP contribution in [0.15, 0.2) is 144 Å². The predicted molar refractivity (Wildman–Crippen MR) is 234 cm³/mol. The molecule has 0 radical (unpaired) electrons. The largest absolute Gasteiger partial charge is 0.339 e. The highest BCUT2D eigenvalue weighted by Crippen LogP contribution is 2.49. The van der Waals surface area contributed by atoms with Gasteiger partial charge in [-0.2, -0.15) is 41.0 Å². The number of aromatic nitrogens is 1. The third-order valence-corrected chi connectivity index (χ3v) is 12.8. The summed E-state index contributed by atoms with van der Waals surface area (Å²) in [5, 5.41) is 56.1. The Balaban J connectivity index is 1.38. The molecule has 64 heavy (non-hydrogen) atoms. The number of pyridine rings is 1. The van der Waals surface area contributed by atoms with E-state index in [9.17, 15) is 54.7 Å². The van der Waals surface area contributed by atoms with Crippen LogP contribution < -0.4 is 10.6 Å². The molecule has 0 unspecified atom stereocenters. The Morgan fingerprint density at radius 2 is 1.12 bits per heavy atom. The number of nitriles is 3. The van der Waals surface area contributed by atoms with Crippen molar-refractivity contribution >= 4 is 96.9 Å². The number of azo groups is 2. The molecule has 5 aromatic carbocycles. The highest BCUT2D eigenvalue weighted by Gasteiger charge is 2.24. The SMILES string of the molecule is Cc1c(C#N)c(Nc2ccc(S(=O)(=O)O)cc2)nc(Nc2ccc(S(=O)(=O)O)cc2)c1N=Nc1sc(N=Nc2ccc(S(=O)(=O)O)cc2C#N)c(-c2ccc3ccccc3c2)c1C#N. The number of benzene rings is 5. The molecule has 0 aliphatic carbocycles. The Bertz CT molecular complexity index is 3580. The highest BCUT2D eigenvalue weighted by atomic mass is 32.2. The summed E-state index contributed by atoms with van der Waals surface area (Å²) in [6, 6.07) is 31.9. The van der Waals surface area contributed by atoms with E-state index in [-0.39, 0.29) is 77.1 Å². The molecule has 318 valence electrons. The number of rotatable bonds is 12. The van der Waals surface area contributed by atoms with Gasteiger partial charge in [-0.1, -0.05) is 47.7 Å². The van der Waals surface area contributed by atoms with Crippen LogP contribution in [-0.2, 0) is 30.4 Å². The van der Waals surface area contributed by atoms with Crippen molar-refractivity contribution in [3.8, 4) is 29.3 Å². The summed E-state index contributed by atoms with van der Waals surface area (Å²) in [4.78, 5) is 3.28. The van der Waals surface area contributed by atoms with Crippen molar-refractivity contribution in [2.24, 2.45) is 20.5 Å². The third kappa shape index (κ3) is 9.48. The summed E-state index contributed by atoms with van der Waals surface area (Å²) in [5.41, 5.74) is 1.22. The molecule has 0 saturated carbocycles. The van der Waals surface area contributed by atoms with E-state index in [1.54, 1.807) is 6.07 Å². The van der Waals surface area contributed by atoms with E-state index in [1.165, 1.54) is 37.3 Å². The number of anilines is 4. The fourth-order valence-corrected chi connectivity index (χ4v) is 8.52. The molecule has 0 aliphatic heterocycles. The number of fused-ring (bicyclic) bond motifs is 1. The lowest BCUT2D eigenvalue weighted by Crippen LogP contribution is -2.05. The van der Waals surface area contributed by atoms with E-state index in [4.69, 9.17) is 0 Å². The summed E-state index contributed by atoms with van der Waals surface area (Å²) in [6.45, 7) is 1.54. The van der Waals surface area contributed by atoms with Crippen molar-refractivity contribution in [2.45, 2.75) is 21.6 Å². The minimum atomic E-state index is -4.64. The molecule has 0 spiro atoms. The monoisotopic (exact) mass is 930 g/mol. The summed E-state index contributed by atoms with van der Waals surface area (Å²) >= 11 is 0.886. The lowest BCUT2D eigenvalue weighted by molar-refractivity contribution is 0.481. The predicted octanol–water partition coefficient (Wildman–Crippen LogP) is 9.94. The lowest BCUT2D eigenvalue weighted by Gasteiger charge is -2.16. The molecule has 7 aromatic rings. The van der Waals surface area contributed by atoms with Crippen molar-refractivity contribution in [3.05, 3.63) is 131 Å². The van der Waals surface area contributed by atoms with Crippen LogP contribution in [-0.4, -0.2) is 43.9 Å². The Hall–Kier alpha value is -7.79. The first-order chi connectivity index (χ1) is 30.4. The summed E-state index contributed by atoms with van der Waals surface area (Å²) in [6.07, 6.45) is 0. The van der Waals surface area contributed by atoms with Gasteiger partial charge in [0.1, 0.15) is 40.1 Å². The minimum absolute atomic E-state index is 0.00765. The Kier molecular flexibility index (Phi) is 12.1. The fraction of sp³-hybridized carbons (Fsp3) is 0.0244. The molecule has 2 aromatic heterocycles. The van der Waals surface area contributed by atoms with E-state index in [0.717, 1.165) is 58.5 Å². The van der Waals surface area contributed by atoms with Crippen LogP contribution in [0.3, 0.4) is 0 Å². The second-order valence-electron chi connectivity index (χ2n) is 13.3. The number of thiophene rings is 1. The maximum Gasteiger partial charge on any atom is 0.294 e. The van der Waals surface area contributed by atoms with E-state index in [0.29, 0.717) is 5.56 Å². The number of nitrogens with zero attached hydrogens (tertiary/aromatic N) is 8. The van der Waals surface area contributed by atoms with Crippen molar-refractivity contribution in [1.29, 1.82) is 15.8 Å². The van der Waals surface area contributed by atoms with Crippen LogP contribution in [0.2, 0.25) is 0 Å². The van der Waals surface area contributed by atoms with Crippen molar-refractivity contribution < 1.29 is 38.9 Å². The topological polar surface area (TPSA) is 321 Å². The minimum Gasteiger partial charge on any atom is -0.339 e. The maximum absolute atomic E-state index is 11.7. The standard InChI is InChI=1S/C41H26N10O9S4/c1-23-33(21-43)38(45-28-8-12-30(13-9-28)62(52,53)54)47-39(46-29-10-14-31(15-11-29)63(55,56)57)37(23)49-50-40-34(22-44)36(26-7-6-24-4-2-3-5-25(24)18-26)41(61-40)51-48-35-17-16-32(64(58,59)60)19-27(35)20-42/h2-19H,1H3,(H2,45,46,47)(H,52,53,54)(H,55,56,57)(H,58,59,60). The van der Waals surface area contributed by atoms with Gasteiger partial charge in [0.15, 0.2) is 16.6 Å². The molecule has 0 atom stereocenters. The maximum atomic E-state index is 11.7. The van der Waals surface area contributed by atoms with E-state index >= 15 is 0 Å². The van der Waals surface area contributed by atoms with Gasteiger partial charge < -0.3 is 10.6 Å². The first-order valence-electron chi connectivity index (χ1n) is 17.9. The second-order valence-corrected chi connectivity index (χ2v) is 18.6. The first-order valence-corrected chi connectivity index (χ1v) is 23.1. The smallest absolute Gasteiger partial charge is 0.294 e. The number of hydrogen-bond acceptors (Lipinski definition) is 17. The van der Waals surface area contributed by atoms with Gasteiger partial charge >= 0.3 is 0 Å². The van der Waals surface area contributed by atoms with Crippen LogP contribution >= 0.6 is 11.3 Å².